The molecular formula is C19H20N4O4S2. The van der Waals surface area contributed by atoms with Crippen LogP contribution in [0.2, 0.25) is 0 Å². The molecule has 0 aliphatic heterocycles. The average molecular weight is 433 g/mol. The number of nitrogens with zero attached hydrogens (tertiary/aromatic N) is 3. The van der Waals surface area contributed by atoms with E-state index >= 15 is 0 Å². The number of nitrogens with two attached hydrogens (primary N) is 1. The highest BCUT2D eigenvalue weighted by atomic mass is 32.2. The predicted molar refractivity (Wildman–Crippen MR) is 112 cm³/mol. The van der Waals surface area contributed by atoms with Gasteiger partial charge >= 0.3 is 11.9 Å². The summed E-state index contributed by atoms with van der Waals surface area (Å²) in [6, 6.07) is 9.63. The zero-order chi connectivity index (χ0) is 20.8. The number of hydrogen-bond donors (Lipinski definition) is 1. The van der Waals surface area contributed by atoms with Gasteiger partial charge in [-0.3, -0.25) is 4.57 Å². The van der Waals surface area contributed by atoms with Gasteiger partial charge in [0.05, 0.1) is 18.8 Å². The maximum absolute atomic E-state index is 12.4. The average Bonchev–Trinajstić information content (AvgIpc) is 3.31. The minimum absolute atomic E-state index is 0.206. The number of esters is 2. The molecule has 0 aliphatic rings. The van der Waals surface area contributed by atoms with Gasteiger partial charge in [0, 0.05) is 17.0 Å². The Morgan fingerprint density at radius 1 is 1.14 bits per heavy atom. The van der Waals surface area contributed by atoms with Gasteiger partial charge < -0.3 is 15.2 Å². The highest BCUT2D eigenvalue weighted by Crippen LogP contribution is 2.36. The van der Waals surface area contributed by atoms with E-state index in [9.17, 15) is 9.59 Å². The van der Waals surface area contributed by atoms with Crippen molar-refractivity contribution in [2.45, 2.75) is 24.8 Å². The van der Waals surface area contributed by atoms with Crippen molar-refractivity contribution in [3.8, 4) is 5.69 Å². The smallest absolute Gasteiger partial charge is 0.348 e. The Bertz CT molecular complexity index is 1000. The summed E-state index contributed by atoms with van der Waals surface area (Å²) in [6.07, 6.45) is 1.61. The van der Waals surface area contributed by atoms with Gasteiger partial charge in [-0.25, -0.2) is 9.59 Å². The molecule has 152 valence electrons. The van der Waals surface area contributed by atoms with Crippen LogP contribution in [-0.2, 0) is 15.2 Å². The Labute approximate surface area is 176 Å². The fraction of sp³-hybridized carbons (Fsp3) is 0.263. The van der Waals surface area contributed by atoms with Crippen molar-refractivity contribution in [1.82, 2.24) is 14.8 Å². The van der Waals surface area contributed by atoms with Crippen LogP contribution in [0.25, 0.3) is 5.69 Å². The molecule has 0 saturated heterocycles. The van der Waals surface area contributed by atoms with Crippen molar-refractivity contribution in [1.29, 1.82) is 0 Å². The van der Waals surface area contributed by atoms with E-state index in [0.29, 0.717) is 15.6 Å². The topological polar surface area (TPSA) is 109 Å². The number of benzene rings is 1. The number of thiophene rings is 1. The van der Waals surface area contributed by atoms with Crippen LogP contribution in [0.4, 0.5) is 5.00 Å². The van der Waals surface area contributed by atoms with Gasteiger partial charge in [-0.05, 0) is 26.0 Å². The molecule has 2 heterocycles. The molecular weight excluding hydrogens is 412 g/mol. The molecule has 3 aromatic rings. The lowest BCUT2D eigenvalue weighted by Crippen LogP contribution is -2.11. The van der Waals surface area contributed by atoms with Crippen LogP contribution in [0.15, 0.2) is 41.8 Å². The van der Waals surface area contributed by atoms with Crippen molar-refractivity contribution in [2.75, 3.05) is 18.9 Å². The number of carbonyl (C=O) groups excluding carboxylic acids is 2. The molecule has 0 fully saturated rings. The van der Waals surface area contributed by atoms with Gasteiger partial charge in [0.1, 0.15) is 16.2 Å². The SMILES string of the molecule is CCOC(=O)c1sc(N)c(C(=O)OCC)c1CSc1nncn1-c1ccccc1. The summed E-state index contributed by atoms with van der Waals surface area (Å²) >= 11 is 2.37. The third-order valence-corrected chi connectivity index (χ3v) is 5.88. The molecule has 0 atom stereocenters. The monoisotopic (exact) mass is 432 g/mol. The lowest BCUT2D eigenvalue weighted by atomic mass is 10.1. The van der Waals surface area contributed by atoms with Crippen molar-refractivity contribution in [3.63, 3.8) is 0 Å². The molecule has 0 aliphatic carbocycles. The normalized spacial score (nSPS) is 10.7. The molecule has 0 spiro atoms. The molecule has 0 bridgehead atoms. The molecule has 10 heteroatoms. The number of thioether (sulfide) groups is 1. The zero-order valence-corrected chi connectivity index (χ0v) is 17.6. The largest absolute Gasteiger partial charge is 0.462 e. The third-order valence-electron chi connectivity index (χ3n) is 3.87. The molecule has 2 aromatic heterocycles. The quantitative estimate of drug-likeness (QED) is 0.425. The Morgan fingerprint density at radius 3 is 2.52 bits per heavy atom. The number of carbonyl (C=O) groups is 2. The van der Waals surface area contributed by atoms with Crippen LogP contribution < -0.4 is 5.73 Å². The number of nitrogen functional groups attached to an aromatic ring is 1. The van der Waals surface area contributed by atoms with E-state index in [2.05, 4.69) is 10.2 Å². The Morgan fingerprint density at radius 2 is 1.83 bits per heavy atom. The highest BCUT2D eigenvalue weighted by Gasteiger charge is 2.28. The summed E-state index contributed by atoms with van der Waals surface area (Å²) in [5, 5.41) is 8.97. The van der Waals surface area contributed by atoms with Crippen molar-refractivity contribution in [3.05, 3.63) is 52.7 Å². The fourth-order valence-corrected chi connectivity index (χ4v) is 4.65. The summed E-state index contributed by atoms with van der Waals surface area (Å²) in [5.41, 5.74) is 7.64. The zero-order valence-electron chi connectivity index (χ0n) is 16.0. The van der Waals surface area contributed by atoms with Crippen LogP contribution >= 0.6 is 23.1 Å². The number of para-hydroxylation sites is 1. The molecule has 0 saturated carbocycles. The number of anilines is 1. The molecule has 3 rings (SSSR count). The molecule has 0 unspecified atom stereocenters. The second-order valence-corrected chi connectivity index (χ2v) is 7.69. The summed E-state index contributed by atoms with van der Waals surface area (Å²) in [6.45, 7) is 3.86. The van der Waals surface area contributed by atoms with E-state index in [1.807, 2.05) is 34.9 Å². The van der Waals surface area contributed by atoms with Gasteiger partial charge in [0.2, 0.25) is 0 Å². The van der Waals surface area contributed by atoms with Gasteiger partial charge in [-0.15, -0.1) is 21.5 Å². The van der Waals surface area contributed by atoms with Crippen LogP contribution in [0.3, 0.4) is 0 Å². The number of aromatic nitrogens is 3. The number of hydrogen-bond acceptors (Lipinski definition) is 9. The van der Waals surface area contributed by atoms with E-state index < -0.39 is 11.9 Å². The van der Waals surface area contributed by atoms with Crippen LogP contribution in [0, 0.1) is 0 Å². The standard InChI is InChI=1S/C19H20N4O4S2/c1-3-26-17(24)14-13(15(29-16(14)20)18(25)27-4-2)10-28-19-22-21-11-23(19)12-8-6-5-7-9-12/h5-9,11H,3-4,10,20H2,1-2H3. The van der Waals surface area contributed by atoms with Gasteiger partial charge in [-0.1, -0.05) is 30.0 Å². The number of rotatable bonds is 8. The lowest BCUT2D eigenvalue weighted by molar-refractivity contribution is 0.0527. The predicted octanol–water partition coefficient (Wildman–Crippen LogP) is 3.56. The first-order chi connectivity index (χ1) is 14.1. The van der Waals surface area contributed by atoms with Crippen LogP contribution in [-0.4, -0.2) is 39.9 Å². The van der Waals surface area contributed by atoms with E-state index in [1.165, 1.54) is 11.8 Å². The third kappa shape index (κ3) is 4.60. The highest BCUT2D eigenvalue weighted by molar-refractivity contribution is 7.98. The van der Waals surface area contributed by atoms with E-state index in [0.717, 1.165) is 17.0 Å². The second-order valence-electron chi connectivity index (χ2n) is 5.70. The maximum atomic E-state index is 12.4. The summed E-state index contributed by atoms with van der Waals surface area (Å²) < 4.78 is 12.1. The minimum atomic E-state index is -0.558. The molecule has 29 heavy (non-hydrogen) atoms. The van der Waals surface area contributed by atoms with E-state index in [4.69, 9.17) is 15.2 Å². The fourth-order valence-electron chi connectivity index (χ4n) is 2.64. The summed E-state index contributed by atoms with van der Waals surface area (Å²) in [7, 11) is 0. The molecule has 0 amide bonds. The van der Waals surface area contributed by atoms with Crippen molar-refractivity contribution in [2.24, 2.45) is 0 Å². The van der Waals surface area contributed by atoms with E-state index in [-0.39, 0.29) is 29.5 Å². The molecule has 0 radical (unpaired) electrons. The molecule has 1 aromatic carbocycles. The molecule has 8 nitrogen and oxygen atoms in total. The van der Waals surface area contributed by atoms with Crippen LogP contribution in [0.5, 0.6) is 0 Å². The molecule has 2 N–H and O–H groups in total. The minimum Gasteiger partial charge on any atom is -0.462 e. The first kappa shape index (κ1) is 20.9. The van der Waals surface area contributed by atoms with Crippen molar-refractivity contribution >= 4 is 40.0 Å². The maximum Gasteiger partial charge on any atom is 0.348 e. The van der Waals surface area contributed by atoms with Crippen LogP contribution in [0.1, 0.15) is 39.4 Å². The Balaban J connectivity index is 1.93. The summed E-state index contributed by atoms with van der Waals surface area (Å²) in [5.74, 6) is -0.793. The first-order valence-corrected chi connectivity index (χ1v) is 10.7. The Kier molecular flexibility index (Phi) is 6.89. The van der Waals surface area contributed by atoms with Gasteiger partial charge in [0.25, 0.3) is 0 Å². The van der Waals surface area contributed by atoms with Gasteiger partial charge in [0.15, 0.2) is 5.16 Å². The van der Waals surface area contributed by atoms with Crippen molar-refractivity contribution < 1.29 is 19.1 Å². The second kappa shape index (κ2) is 9.57. The van der Waals surface area contributed by atoms with Gasteiger partial charge in [-0.2, -0.15) is 0 Å². The lowest BCUT2D eigenvalue weighted by Gasteiger charge is -2.09. The number of ether oxygens (including phenoxy) is 2. The first-order valence-electron chi connectivity index (χ1n) is 8.90. The Hall–Kier alpha value is -2.85. The van der Waals surface area contributed by atoms with E-state index in [1.54, 1.807) is 20.2 Å². The summed E-state index contributed by atoms with van der Waals surface area (Å²) in [4.78, 5) is 25.1.